The average molecular weight is 208 g/mol. The molecular weight excluding hydrogens is 192 g/mol. The number of nitrogens with two attached hydrogens (primary N) is 1. The molecule has 0 aliphatic heterocycles. The lowest BCUT2D eigenvalue weighted by molar-refractivity contribution is 0.0928. The quantitative estimate of drug-likeness (QED) is 0.784. The van der Waals surface area contributed by atoms with Gasteiger partial charge in [0.15, 0.2) is 0 Å². The number of carbonyl (C=O) groups is 1. The molecule has 15 heavy (non-hydrogen) atoms. The van der Waals surface area contributed by atoms with Gasteiger partial charge < -0.3 is 15.5 Å². The molecule has 2 rings (SSSR count). The Hall–Kier alpha value is -1.29. The number of nitrogens with one attached hydrogen (secondary N) is 1. The molecule has 1 aliphatic carbocycles. The summed E-state index contributed by atoms with van der Waals surface area (Å²) in [4.78, 5) is 11.7. The molecule has 0 spiro atoms. The SMILES string of the molecule is Cc1occc1C(=O)NCC1(N)CCC1. The molecule has 0 radical (unpaired) electrons. The maximum atomic E-state index is 11.7. The first kappa shape index (κ1) is 10.2. The van der Waals surface area contributed by atoms with E-state index in [-0.39, 0.29) is 11.4 Å². The number of hydrogen-bond donors (Lipinski definition) is 2. The molecule has 1 fully saturated rings. The summed E-state index contributed by atoms with van der Waals surface area (Å²) in [5, 5.41) is 2.84. The summed E-state index contributed by atoms with van der Waals surface area (Å²) in [5.41, 5.74) is 6.43. The van der Waals surface area contributed by atoms with Crippen molar-refractivity contribution in [1.29, 1.82) is 0 Å². The van der Waals surface area contributed by atoms with E-state index in [4.69, 9.17) is 10.2 Å². The summed E-state index contributed by atoms with van der Waals surface area (Å²) < 4.78 is 5.07. The molecular formula is C11H16N2O2. The lowest BCUT2D eigenvalue weighted by atomic mass is 9.78. The van der Waals surface area contributed by atoms with Crippen LogP contribution in [0, 0.1) is 6.92 Å². The van der Waals surface area contributed by atoms with Gasteiger partial charge in [0.25, 0.3) is 5.91 Å². The Bertz CT molecular complexity index is 366. The third-order valence-electron chi connectivity index (χ3n) is 3.05. The van der Waals surface area contributed by atoms with Gasteiger partial charge >= 0.3 is 0 Å². The Balaban J connectivity index is 1.90. The van der Waals surface area contributed by atoms with Crippen molar-refractivity contribution in [3.63, 3.8) is 0 Å². The van der Waals surface area contributed by atoms with Crippen molar-refractivity contribution in [1.82, 2.24) is 5.32 Å². The zero-order valence-corrected chi connectivity index (χ0v) is 8.88. The first-order valence-corrected chi connectivity index (χ1v) is 5.22. The third-order valence-corrected chi connectivity index (χ3v) is 3.05. The van der Waals surface area contributed by atoms with Gasteiger partial charge in [-0.25, -0.2) is 0 Å². The zero-order valence-electron chi connectivity index (χ0n) is 8.88. The van der Waals surface area contributed by atoms with Crippen LogP contribution in [0.2, 0.25) is 0 Å². The van der Waals surface area contributed by atoms with Gasteiger partial charge in [0.1, 0.15) is 5.76 Å². The van der Waals surface area contributed by atoms with Crippen molar-refractivity contribution in [3.8, 4) is 0 Å². The van der Waals surface area contributed by atoms with Gasteiger partial charge in [0, 0.05) is 12.1 Å². The monoisotopic (exact) mass is 208 g/mol. The highest BCUT2D eigenvalue weighted by atomic mass is 16.3. The first-order valence-electron chi connectivity index (χ1n) is 5.22. The molecule has 0 aromatic carbocycles. The number of aryl methyl sites for hydroxylation is 1. The molecule has 1 saturated carbocycles. The summed E-state index contributed by atoms with van der Waals surface area (Å²) in [7, 11) is 0. The second-order valence-electron chi connectivity index (χ2n) is 4.29. The van der Waals surface area contributed by atoms with Crippen LogP contribution in [0.15, 0.2) is 16.7 Å². The fourth-order valence-corrected chi connectivity index (χ4v) is 1.78. The van der Waals surface area contributed by atoms with Crippen molar-refractivity contribution in [2.24, 2.45) is 5.73 Å². The molecule has 0 unspecified atom stereocenters. The molecule has 82 valence electrons. The van der Waals surface area contributed by atoms with Crippen LogP contribution < -0.4 is 11.1 Å². The second kappa shape index (κ2) is 3.70. The zero-order chi connectivity index (χ0) is 10.9. The first-order chi connectivity index (χ1) is 7.11. The van der Waals surface area contributed by atoms with Crippen LogP contribution in [-0.4, -0.2) is 18.0 Å². The lowest BCUT2D eigenvalue weighted by Gasteiger charge is -2.38. The number of carbonyl (C=O) groups excluding carboxylic acids is 1. The summed E-state index contributed by atoms with van der Waals surface area (Å²) in [6.45, 7) is 2.33. The van der Waals surface area contributed by atoms with Crippen LogP contribution >= 0.6 is 0 Å². The minimum atomic E-state index is -0.173. The van der Waals surface area contributed by atoms with Crippen LogP contribution in [0.3, 0.4) is 0 Å². The predicted octanol–water partition coefficient (Wildman–Crippen LogP) is 1.20. The minimum absolute atomic E-state index is 0.0991. The van der Waals surface area contributed by atoms with Crippen LogP contribution in [0.4, 0.5) is 0 Å². The van der Waals surface area contributed by atoms with E-state index in [9.17, 15) is 4.79 Å². The third kappa shape index (κ3) is 2.04. The van der Waals surface area contributed by atoms with E-state index < -0.39 is 0 Å². The van der Waals surface area contributed by atoms with Crippen molar-refractivity contribution in [2.45, 2.75) is 31.7 Å². The molecule has 1 heterocycles. The Labute approximate surface area is 88.8 Å². The number of furan rings is 1. The smallest absolute Gasteiger partial charge is 0.254 e. The van der Waals surface area contributed by atoms with Crippen LogP contribution in [0.5, 0.6) is 0 Å². The number of hydrogen-bond acceptors (Lipinski definition) is 3. The topological polar surface area (TPSA) is 68.3 Å². The van der Waals surface area contributed by atoms with E-state index >= 15 is 0 Å². The van der Waals surface area contributed by atoms with Gasteiger partial charge in [-0.2, -0.15) is 0 Å². The van der Waals surface area contributed by atoms with E-state index in [1.807, 2.05) is 0 Å². The molecule has 1 aromatic rings. The van der Waals surface area contributed by atoms with Crippen molar-refractivity contribution < 1.29 is 9.21 Å². The van der Waals surface area contributed by atoms with E-state index in [1.54, 1.807) is 13.0 Å². The normalized spacial score (nSPS) is 18.3. The summed E-state index contributed by atoms with van der Waals surface area (Å²) in [5.74, 6) is 0.546. The number of amides is 1. The minimum Gasteiger partial charge on any atom is -0.469 e. The fourth-order valence-electron chi connectivity index (χ4n) is 1.78. The van der Waals surface area contributed by atoms with Crippen molar-refractivity contribution in [3.05, 3.63) is 23.7 Å². The Kier molecular flexibility index (Phi) is 2.52. The molecule has 0 saturated heterocycles. The van der Waals surface area contributed by atoms with Crippen molar-refractivity contribution in [2.75, 3.05) is 6.54 Å². The lowest BCUT2D eigenvalue weighted by Crippen LogP contribution is -2.54. The second-order valence-corrected chi connectivity index (χ2v) is 4.29. The fraction of sp³-hybridized carbons (Fsp3) is 0.545. The van der Waals surface area contributed by atoms with Gasteiger partial charge in [-0.3, -0.25) is 4.79 Å². The molecule has 4 heteroatoms. The summed E-state index contributed by atoms with van der Waals surface area (Å²) in [6, 6.07) is 1.68. The van der Waals surface area contributed by atoms with E-state index in [0.29, 0.717) is 17.9 Å². The van der Waals surface area contributed by atoms with Gasteiger partial charge in [0.2, 0.25) is 0 Å². The van der Waals surface area contributed by atoms with Crippen LogP contribution in [0.25, 0.3) is 0 Å². The van der Waals surface area contributed by atoms with E-state index in [2.05, 4.69) is 5.32 Å². The van der Waals surface area contributed by atoms with Gasteiger partial charge in [-0.05, 0) is 32.3 Å². The highest BCUT2D eigenvalue weighted by Gasteiger charge is 2.32. The van der Waals surface area contributed by atoms with E-state index in [1.165, 1.54) is 6.26 Å². The van der Waals surface area contributed by atoms with Gasteiger partial charge in [-0.15, -0.1) is 0 Å². The molecule has 4 nitrogen and oxygen atoms in total. The van der Waals surface area contributed by atoms with E-state index in [0.717, 1.165) is 19.3 Å². The molecule has 1 aliphatic rings. The van der Waals surface area contributed by atoms with Crippen molar-refractivity contribution >= 4 is 5.91 Å². The largest absolute Gasteiger partial charge is 0.469 e. The summed E-state index contributed by atoms with van der Waals surface area (Å²) >= 11 is 0. The molecule has 1 amide bonds. The Morgan fingerprint density at radius 3 is 2.87 bits per heavy atom. The van der Waals surface area contributed by atoms with Gasteiger partial charge in [0.05, 0.1) is 11.8 Å². The van der Waals surface area contributed by atoms with Crippen LogP contribution in [-0.2, 0) is 0 Å². The predicted molar refractivity (Wildman–Crippen MR) is 56.5 cm³/mol. The molecule has 0 bridgehead atoms. The highest BCUT2D eigenvalue weighted by molar-refractivity contribution is 5.95. The Morgan fingerprint density at radius 2 is 2.40 bits per heavy atom. The van der Waals surface area contributed by atoms with Gasteiger partial charge in [-0.1, -0.05) is 0 Å². The highest BCUT2D eigenvalue weighted by Crippen LogP contribution is 2.28. The Morgan fingerprint density at radius 1 is 1.67 bits per heavy atom. The standard InChI is InChI=1S/C11H16N2O2/c1-8-9(3-6-15-8)10(14)13-7-11(12)4-2-5-11/h3,6H,2,4-5,7,12H2,1H3,(H,13,14). The van der Waals surface area contributed by atoms with Crippen LogP contribution in [0.1, 0.15) is 35.4 Å². The summed E-state index contributed by atoms with van der Waals surface area (Å²) in [6.07, 6.45) is 4.68. The average Bonchev–Trinajstić information content (AvgIpc) is 2.58. The molecule has 1 aromatic heterocycles. The maximum Gasteiger partial charge on any atom is 0.254 e. The maximum absolute atomic E-state index is 11.7. The molecule has 3 N–H and O–H groups in total. The number of rotatable bonds is 3. The molecule has 0 atom stereocenters.